The summed E-state index contributed by atoms with van der Waals surface area (Å²) < 4.78 is 1.48. The lowest BCUT2D eigenvalue weighted by atomic mass is 10.4. The van der Waals surface area contributed by atoms with Crippen LogP contribution in [0, 0.1) is 0 Å². The quantitative estimate of drug-likeness (QED) is 0.783. The van der Waals surface area contributed by atoms with Gasteiger partial charge in [-0.1, -0.05) is 0 Å². The molecule has 2 heterocycles. The van der Waals surface area contributed by atoms with Gasteiger partial charge in [0.2, 0.25) is 0 Å². The number of hydrogen-bond donors (Lipinski definition) is 1. The molecule has 2 aromatic heterocycles. The summed E-state index contributed by atoms with van der Waals surface area (Å²) in [5, 5.41) is 8.72. The summed E-state index contributed by atoms with van der Waals surface area (Å²) in [6.45, 7) is -0.152. The van der Waals surface area contributed by atoms with Crippen LogP contribution in [0.3, 0.4) is 0 Å². The number of carboxylic acid groups (broad SMARTS) is 1. The Morgan fingerprint density at radius 1 is 1.44 bits per heavy atom. The van der Waals surface area contributed by atoms with Gasteiger partial charge in [0.15, 0.2) is 17.0 Å². The Morgan fingerprint density at radius 2 is 2.19 bits per heavy atom. The third-order valence-electron chi connectivity index (χ3n) is 2.11. The van der Waals surface area contributed by atoms with Crippen molar-refractivity contribution in [3.05, 3.63) is 12.7 Å². The van der Waals surface area contributed by atoms with Gasteiger partial charge in [-0.05, 0) is 0 Å². The van der Waals surface area contributed by atoms with Crippen molar-refractivity contribution in [2.24, 2.45) is 0 Å². The van der Waals surface area contributed by atoms with Crippen LogP contribution >= 0.6 is 0 Å². The molecule has 7 nitrogen and oxygen atoms in total. The van der Waals surface area contributed by atoms with Crippen LogP contribution in [0.25, 0.3) is 11.2 Å². The molecule has 0 unspecified atom stereocenters. The second-order valence-electron chi connectivity index (χ2n) is 3.53. The zero-order chi connectivity index (χ0) is 11.7. The molecule has 0 aliphatic heterocycles. The lowest BCUT2D eigenvalue weighted by Crippen LogP contribution is -2.12. The van der Waals surface area contributed by atoms with E-state index in [1.807, 2.05) is 19.0 Å². The molecule has 84 valence electrons. The highest BCUT2D eigenvalue weighted by molar-refractivity contribution is 5.83. The number of imidazole rings is 1. The number of anilines is 1. The van der Waals surface area contributed by atoms with Crippen LogP contribution in [-0.4, -0.2) is 44.7 Å². The van der Waals surface area contributed by atoms with Gasteiger partial charge < -0.3 is 14.6 Å². The Morgan fingerprint density at radius 3 is 2.81 bits per heavy atom. The lowest BCUT2D eigenvalue weighted by molar-refractivity contribution is -0.137. The molecule has 2 rings (SSSR count). The van der Waals surface area contributed by atoms with Crippen molar-refractivity contribution >= 4 is 23.0 Å². The number of aromatic nitrogens is 4. The summed E-state index contributed by atoms with van der Waals surface area (Å²) in [7, 11) is 3.69. The Kier molecular flexibility index (Phi) is 2.43. The monoisotopic (exact) mass is 221 g/mol. The molecule has 0 spiro atoms. The van der Waals surface area contributed by atoms with Gasteiger partial charge in [0.1, 0.15) is 12.9 Å². The van der Waals surface area contributed by atoms with Crippen LogP contribution in [0.1, 0.15) is 0 Å². The second-order valence-corrected chi connectivity index (χ2v) is 3.53. The zero-order valence-corrected chi connectivity index (χ0v) is 8.95. The average molecular weight is 221 g/mol. The largest absolute Gasteiger partial charge is 0.480 e. The fourth-order valence-corrected chi connectivity index (χ4v) is 1.46. The van der Waals surface area contributed by atoms with E-state index in [1.165, 1.54) is 17.2 Å². The summed E-state index contributed by atoms with van der Waals surface area (Å²) in [6, 6.07) is 0. The van der Waals surface area contributed by atoms with Crippen molar-refractivity contribution in [2.45, 2.75) is 6.54 Å². The van der Waals surface area contributed by atoms with E-state index in [9.17, 15) is 4.79 Å². The van der Waals surface area contributed by atoms with Crippen molar-refractivity contribution in [1.82, 2.24) is 19.5 Å². The van der Waals surface area contributed by atoms with Crippen molar-refractivity contribution in [1.29, 1.82) is 0 Å². The molecule has 2 aromatic rings. The molecule has 0 amide bonds. The van der Waals surface area contributed by atoms with Gasteiger partial charge in [-0.15, -0.1) is 0 Å². The van der Waals surface area contributed by atoms with Gasteiger partial charge in [-0.25, -0.2) is 15.0 Å². The fourth-order valence-electron chi connectivity index (χ4n) is 1.46. The third kappa shape index (κ3) is 1.67. The van der Waals surface area contributed by atoms with E-state index in [-0.39, 0.29) is 6.54 Å². The predicted molar refractivity (Wildman–Crippen MR) is 57.3 cm³/mol. The number of nitrogens with zero attached hydrogens (tertiary/aromatic N) is 5. The van der Waals surface area contributed by atoms with Gasteiger partial charge in [-0.2, -0.15) is 0 Å². The minimum atomic E-state index is -0.927. The maximum Gasteiger partial charge on any atom is 0.323 e. The fraction of sp³-hybridized carbons (Fsp3) is 0.333. The smallest absolute Gasteiger partial charge is 0.323 e. The number of carbonyl (C=O) groups is 1. The first-order chi connectivity index (χ1) is 7.59. The maximum absolute atomic E-state index is 10.6. The highest BCUT2D eigenvalue weighted by Crippen LogP contribution is 2.18. The number of hydrogen-bond acceptors (Lipinski definition) is 5. The average Bonchev–Trinajstić information content (AvgIpc) is 2.60. The highest BCUT2D eigenvalue weighted by atomic mass is 16.4. The first-order valence-corrected chi connectivity index (χ1v) is 4.64. The minimum absolute atomic E-state index is 0.152. The van der Waals surface area contributed by atoms with Gasteiger partial charge in [0.05, 0.1) is 6.33 Å². The Hall–Kier alpha value is -2.18. The van der Waals surface area contributed by atoms with Crippen LogP contribution in [0.15, 0.2) is 12.7 Å². The standard InChI is InChI=1S/C9H11N5O2/c1-13(2)8-7-9(11-4-10-8)14(5-12-7)3-6(15)16/h4-5H,3H2,1-2H3,(H,15,16). The number of rotatable bonds is 3. The number of aliphatic carboxylic acids is 1. The lowest BCUT2D eigenvalue weighted by Gasteiger charge is -2.10. The van der Waals surface area contributed by atoms with Crippen molar-refractivity contribution < 1.29 is 9.90 Å². The molecular formula is C9H11N5O2. The molecule has 0 fully saturated rings. The molecule has 0 radical (unpaired) electrons. The molecule has 0 aliphatic carbocycles. The molecule has 0 saturated carbocycles. The molecule has 0 aliphatic rings. The predicted octanol–water partition coefficient (Wildman–Crippen LogP) is -0.0231. The van der Waals surface area contributed by atoms with Crippen LogP contribution in [0.4, 0.5) is 5.82 Å². The van der Waals surface area contributed by atoms with E-state index in [0.717, 1.165) is 0 Å². The molecule has 0 bridgehead atoms. The van der Waals surface area contributed by atoms with Gasteiger partial charge in [0.25, 0.3) is 0 Å². The van der Waals surface area contributed by atoms with Crippen LogP contribution in [0.5, 0.6) is 0 Å². The summed E-state index contributed by atoms with van der Waals surface area (Å²) in [5.74, 6) is -0.251. The Bertz CT molecular complexity index is 534. The van der Waals surface area contributed by atoms with E-state index in [2.05, 4.69) is 15.0 Å². The van der Waals surface area contributed by atoms with Crippen LogP contribution in [-0.2, 0) is 11.3 Å². The minimum Gasteiger partial charge on any atom is -0.480 e. The van der Waals surface area contributed by atoms with E-state index in [4.69, 9.17) is 5.11 Å². The molecule has 0 saturated heterocycles. The molecule has 1 N–H and O–H groups in total. The SMILES string of the molecule is CN(C)c1ncnc2c1ncn2CC(=O)O. The van der Waals surface area contributed by atoms with Crippen LogP contribution in [0.2, 0.25) is 0 Å². The third-order valence-corrected chi connectivity index (χ3v) is 2.11. The Balaban J connectivity index is 2.57. The number of carboxylic acids is 1. The van der Waals surface area contributed by atoms with Gasteiger partial charge >= 0.3 is 5.97 Å². The zero-order valence-electron chi connectivity index (χ0n) is 8.95. The summed E-state index contributed by atoms with van der Waals surface area (Å²) >= 11 is 0. The molecule has 0 aromatic carbocycles. The highest BCUT2D eigenvalue weighted by Gasteiger charge is 2.12. The van der Waals surface area contributed by atoms with Crippen LogP contribution < -0.4 is 4.90 Å². The topological polar surface area (TPSA) is 84.1 Å². The molecule has 0 atom stereocenters. The van der Waals surface area contributed by atoms with Crippen molar-refractivity contribution in [3.8, 4) is 0 Å². The van der Waals surface area contributed by atoms with Gasteiger partial charge in [-0.3, -0.25) is 4.79 Å². The summed E-state index contributed by atoms with van der Waals surface area (Å²) in [5.41, 5.74) is 1.13. The maximum atomic E-state index is 10.6. The second kappa shape index (κ2) is 3.76. The first-order valence-electron chi connectivity index (χ1n) is 4.64. The normalized spacial score (nSPS) is 10.6. The molecule has 16 heavy (non-hydrogen) atoms. The van der Waals surface area contributed by atoms with E-state index in [1.54, 1.807) is 0 Å². The summed E-state index contributed by atoms with van der Waals surface area (Å²) in [6.07, 6.45) is 2.86. The van der Waals surface area contributed by atoms with Gasteiger partial charge in [0, 0.05) is 14.1 Å². The number of fused-ring (bicyclic) bond motifs is 1. The molecular weight excluding hydrogens is 210 g/mol. The van der Waals surface area contributed by atoms with Crippen molar-refractivity contribution in [3.63, 3.8) is 0 Å². The van der Waals surface area contributed by atoms with E-state index in [0.29, 0.717) is 17.0 Å². The summed E-state index contributed by atoms with van der Waals surface area (Å²) in [4.78, 5) is 24.7. The van der Waals surface area contributed by atoms with E-state index < -0.39 is 5.97 Å². The van der Waals surface area contributed by atoms with E-state index >= 15 is 0 Å². The Labute approximate surface area is 91.4 Å². The molecule has 7 heteroatoms. The van der Waals surface area contributed by atoms with Crippen molar-refractivity contribution in [2.75, 3.05) is 19.0 Å². The first kappa shape index (κ1) is 10.3.